The molecule has 0 amide bonds. The summed E-state index contributed by atoms with van der Waals surface area (Å²) < 4.78 is 16.2. The number of halogens is 1. The Kier molecular flexibility index (Phi) is 3.63. The number of carbonyl (C=O) groups is 1. The average molecular weight is 360 g/mol. The number of Topliss-reactive ketones (excluding diaryl/α,β-unsaturated/α-hetero) is 1. The van der Waals surface area contributed by atoms with E-state index in [0.717, 1.165) is 11.3 Å². The molecule has 2 aliphatic rings. The Morgan fingerprint density at radius 3 is 2.63 bits per heavy atom. The van der Waals surface area contributed by atoms with Gasteiger partial charge in [-0.3, -0.25) is 4.79 Å². The Hall–Kier alpha value is -3.28. The zero-order valence-electron chi connectivity index (χ0n) is 14.5. The van der Waals surface area contributed by atoms with Crippen molar-refractivity contribution in [2.45, 2.75) is 24.8 Å². The van der Waals surface area contributed by atoms with Crippen LogP contribution in [-0.2, 0) is 4.79 Å². The topological polar surface area (TPSA) is 59.8 Å². The number of anilines is 1. The molecule has 1 N–H and O–H groups in total. The molecule has 0 unspecified atom stereocenters. The zero-order valence-corrected chi connectivity index (χ0v) is 14.5. The van der Waals surface area contributed by atoms with Crippen LogP contribution in [0.1, 0.15) is 35.9 Å². The fourth-order valence-corrected chi connectivity index (χ4v) is 4.10. The van der Waals surface area contributed by atoms with Crippen LogP contribution in [0.3, 0.4) is 0 Å². The van der Waals surface area contributed by atoms with E-state index in [1.165, 1.54) is 12.4 Å². The molecule has 0 spiro atoms. The van der Waals surface area contributed by atoms with Crippen molar-refractivity contribution in [2.75, 3.05) is 5.32 Å². The van der Waals surface area contributed by atoms with E-state index < -0.39 is 6.04 Å². The van der Waals surface area contributed by atoms with Crippen LogP contribution in [0.4, 0.5) is 10.3 Å². The first-order valence-electron chi connectivity index (χ1n) is 8.94. The summed E-state index contributed by atoms with van der Waals surface area (Å²) in [7, 11) is 0. The molecule has 0 bridgehead atoms. The van der Waals surface area contributed by atoms with Gasteiger partial charge in [0.1, 0.15) is 18.2 Å². The van der Waals surface area contributed by atoms with Gasteiger partial charge in [-0.2, -0.15) is 10.1 Å². The molecular formula is C21H17FN4O. The van der Waals surface area contributed by atoms with Crippen molar-refractivity contribution in [1.82, 2.24) is 14.8 Å². The lowest BCUT2D eigenvalue weighted by atomic mass is 9.78. The maximum Gasteiger partial charge on any atom is 0.226 e. The standard InChI is InChI=1S/C21H17FN4O/c22-16-9-5-4-8-15(16)20-19-17(25-21-23-12-24-26(20)21)10-14(11-18(19)27)13-6-2-1-3-7-13/h1-9,12,14,20H,10-11H2,(H,23,24,25)/t14-,20+/m1/s1. The van der Waals surface area contributed by atoms with Crippen LogP contribution in [0.2, 0.25) is 0 Å². The zero-order chi connectivity index (χ0) is 18.4. The number of aromatic nitrogens is 3. The lowest BCUT2D eigenvalue weighted by molar-refractivity contribution is -0.116. The van der Waals surface area contributed by atoms with E-state index >= 15 is 0 Å². The van der Waals surface area contributed by atoms with Gasteiger partial charge in [0.05, 0.1) is 0 Å². The molecule has 6 heteroatoms. The average Bonchev–Trinajstić information content (AvgIpc) is 3.16. The number of fused-ring (bicyclic) bond motifs is 1. The van der Waals surface area contributed by atoms with Gasteiger partial charge in [-0.05, 0) is 24.0 Å². The summed E-state index contributed by atoms with van der Waals surface area (Å²) in [5.41, 5.74) is 2.97. The molecule has 27 heavy (non-hydrogen) atoms. The van der Waals surface area contributed by atoms with E-state index in [1.54, 1.807) is 22.9 Å². The fraction of sp³-hybridized carbons (Fsp3) is 0.190. The minimum atomic E-state index is -0.593. The van der Waals surface area contributed by atoms with Gasteiger partial charge in [0, 0.05) is 23.3 Å². The quantitative estimate of drug-likeness (QED) is 0.754. The third kappa shape index (κ3) is 2.56. The molecule has 2 aromatic carbocycles. The Balaban J connectivity index is 1.63. The predicted molar refractivity (Wildman–Crippen MR) is 98.6 cm³/mol. The number of rotatable bonds is 2. The van der Waals surface area contributed by atoms with Gasteiger partial charge in [0.2, 0.25) is 5.95 Å². The van der Waals surface area contributed by atoms with E-state index in [2.05, 4.69) is 15.4 Å². The lowest BCUT2D eigenvalue weighted by Gasteiger charge is -2.35. The van der Waals surface area contributed by atoms with Crippen molar-refractivity contribution in [2.24, 2.45) is 0 Å². The molecule has 1 aromatic heterocycles. The molecule has 0 radical (unpaired) electrons. The monoisotopic (exact) mass is 360 g/mol. The summed E-state index contributed by atoms with van der Waals surface area (Å²) in [5.74, 6) is 0.298. The van der Waals surface area contributed by atoms with E-state index in [4.69, 9.17) is 0 Å². The van der Waals surface area contributed by atoms with Crippen LogP contribution in [0, 0.1) is 5.82 Å². The number of nitrogens with zero attached hydrogens (tertiary/aromatic N) is 3. The van der Waals surface area contributed by atoms with Crippen molar-refractivity contribution in [3.05, 3.63) is 89.1 Å². The number of hydrogen-bond donors (Lipinski definition) is 1. The predicted octanol–water partition coefficient (Wildman–Crippen LogP) is 3.83. The minimum Gasteiger partial charge on any atom is -0.328 e. The number of ketones is 1. The molecule has 134 valence electrons. The highest BCUT2D eigenvalue weighted by Crippen LogP contribution is 2.44. The van der Waals surface area contributed by atoms with Gasteiger partial charge in [-0.15, -0.1) is 0 Å². The third-order valence-corrected chi connectivity index (χ3v) is 5.33. The van der Waals surface area contributed by atoms with Gasteiger partial charge in [0.25, 0.3) is 0 Å². The van der Waals surface area contributed by atoms with E-state index in [9.17, 15) is 9.18 Å². The normalized spacial score (nSPS) is 21.4. The highest BCUT2D eigenvalue weighted by Gasteiger charge is 2.40. The second-order valence-corrected chi connectivity index (χ2v) is 6.91. The Morgan fingerprint density at radius 2 is 1.81 bits per heavy atom. The van der Waals surface area contributed by atoms with Gasteiger partial charge < -0.3 is 5.32 Å². The number of allylic oxidation sites excluding steroid dienone is 2. The van der Waals surface area contributed by atoms with Crippen LogP contribution in [0.5, 0.6) is 0 Å². The first kappa shape index (κ1) is 15.9. The Bertz CT molecular complexity index is 1060. The summed E-state index contributed by atoms with van der Waals surface area (Å²) in [4.78, 5) is 17.4. The van der Waals surface area contributed by atoms with Gasteiger partial charge in [0.15, 0.2) is 5.78 Å². The Morgan fingerprint density at radius 1 is 1.04 bits per heavy atom. The summed E-state index contributed by atoms with van der Waals surface area (Å²) in [6.45, 7) is 0. The van der Waals surface area contributed by atoms with E-state index in [1.807, 2.05) is 30.3 Å². The second-order valence-electron chi connectivity index (χ2n) is 6.91. The molecule has 0 saturated heterocycles. The molecule has 2 heterocycles. The van der Waals surface area contributed by atoms with Crippen LogP contribution in [0.15, 0.2) is 72.2 Å². The number of benzene rings is 2. The third-order valence-electron chi connectivity index (χ3n) is 5.33. The number of carbonyl (C=O) groups excluding carboxylic acids is 1. The fourth-order valence-electron chi connectivity index (χ4n) is 4.10. The summed E-state index contributed by atoms with van der Waals surface area (Å²) in [5, 5.41) is 7.50. The molecule has 0 fully saturated rings. The highest BCUT2D eigenvalue weighted by molar-refractivity contribution is 6.00. The molecule has 5 nitrogen and oxygen atoms in total. The number of hydrogen-bond acceptors (Lipinski definition) is 4. The Labute approximate surface area is 155 Å². The first-order valence-corrected chi connectivity index (χ1v) is 8.94. The maximum absolute atomic E-state index is 14.6. The molecular weight excluding hydrogens is 343 g/mol. The minimum absolute atomic E-state index is 0.0204. The second kappa shape index (κ2) is 6.16. The number of nitrogens with one attached hydrogen (secondary N) is 1. The summed E-state index contributed by atoms with van der Waals surface area (Å²) in [6.07, 6.45) is 2.51. The van der Waals surface area contributed by atoms with Crippen molar-refractivity contribution in [3.63, 3.8) is 0 Å². The van der Waals surface area contributed by atoms with Crippen molar-refractivity contribution >= 4 is 11.7 Å². The van der Waals surface area contributed by atoms with Crippen LogP contribution in [0.25, 0.3) is 0 Å². The molecule has 0 saturated carbocycles. The SMILES string of the molecule is O=C1C[C@H](c2ccccc2)CC2=C1[C@H](c1ccccc1F)n1ncnc1N2. The summed E-state index contributed by atoms with van der Waals surface area (Å²) in [6, 6.07) is 16.0. The lowest BCUT2D eigenvalue weighted by Crippen LogP contribution is -2.34. The largest absolute Gasteiger partial charge is 0.328 e. The molecule has 5 rings (SSSR count). The van der Waals surface area contributed by atoms with Crippen LogP contribution >= 0.6 is 0 Å². The van der Waals surface area contributed by atoms with Crippen LogP contribution < -0.4 is 5.32 Å². The first-order chi connectivity index (χ1) is 13.2. The van der Waals surface area contributed by atoms with Crippen molar-refractivity contribution in [3.8, 4) is 0 Å². The van der Waals surface area contributed by atoms with Gasteiger partial charge >= 0.3 is 0 Å². The highest BCUT2D eigenvalue weighted by atomic mass is 19.1. The van der Waals surface area contributed by atoms with Gasteiger partial charge in [-0.1, -0.05) is 48.5 Å². The van der Waals surface area contributed by atoms with Crippen LogP contribution in [-0.4, -0.2) is 20.5 Å². The van der Waals surface area contributed by atoms with E-state index in [0.29, 0.717) is 29.9 Å². The van der Waals surface area contributed by atoms with Gasteiger partial charge in [-0.25, -0.2) is 9.07 Å². The van der Waals surface area contributed by atoms with Crippen molar-refractivity contribution < 1.29 is 9.18 Å². The smallest absolute Gasteiger partial charge is 0.226 e. The maximum atomic E-state index is 14.6. The molecule has 2 atom stereocenters. The van der Waals surface area contributed by atoms with Crippen molar-refractivity contribution in [1.29, 1.82) is 0 Å². The molecule has 1 aliphatic heterocycles. The van der Waals surface area contributed by atoms with E-state index in [-0.39, 0.29) is 17.5 Å². The molecule has 1 aliphatic carbocycles. The summed E-state index contributed by atoms with van der Waals surface area (Å²) >= 11 is 0. The molecule has 3 aromatic rings.